The SMILES string of the molecule is O=C(Nc1cnn(CCc2ccccc2)c1)C(Sc1ccc(Br)cc1)c1ccccc1. The smallest absolute Gasteiger partial charge is 0.242 e. The highest BCUT2D eigenvalue weighted by Gasteiger charge is 2.22. The Morgan fingerprint density at radius 1 is 0.968 bits per heavy atom. The van der Waals surface area contributed by atoms with E-state index < -0.39 is 0 Å². The van der Waals surface area contributed by atoms with Gasteiger partial charge in [-0.15, -0.1) is 11.8 Å². The van der Waals surface area contributed by atoms with E-state index in [1.807, 2.05) is 83.7 Å². The maximum Gasteiger partial charge on any atom is 0.242 e. The van der Waals surface area contributed by atoms with Crippen molar-refractivity contribution in [2.45, 2.75) is 23.1 Å². The lowest BCUT2D eigenvalue weighted by molar-refractivity contribution is -0.115. The maximum absolute atomic E-state index is 13.2. The second-order valence-corrected chi connectivity index (χ2v) is 9.17. The quantitative estimate of drug-likeness (QED) is 0.291. The van der Waals surface area contributed by atoms with Crippen molar-refractivity contribution in [3.8, 4) is 0 Å². The van der Waals surface area contributed by atoms with Crippen LogP contribution in [0.15, 0.2) is 107 Å². The van der Waals surface area contributed by atoms with Crippen LogP contribution in [-0.2, 0) is 17.8 Å². The molecule has 0 bridgehead atoms. The number of carbonyl (C=O) groups is 1. The van der Waals surface area contributed by atoms with E-state index >= 15 is 0 Å². The molecule has 0 aliphatic carbocycles. The van der Waals surface area contributed by atoms with Crippen molar-refractivity contribution in [2.75, 3.05) is 5.32 Å². The van der Waals surface area contributed by atoms with E-state index in [-0.39, 0.29) is 11.2 Å². The summed E-state index contributed by atoms with van der Waals surface area (Å²) in [5, 5.41) is 7.07. The number of halogens is 1. The fraction of sp³-hybridized carbons (Fsp3) is 0.120. The van der Waals surface area contributed by atoms with Crippen molar-refractivity contribution < 1.29 is 4.79 Å². The summed E-state index contributed by atoms with van der Waals surface area (Å²) in [6, 6.07) is 28.1. The number of hydrogen-bond donors (Lipinski definition) is 1. The first-order valence-electron chi connectivity index (χ1n) is 10.0. The number of aryl methyl sites for hydroxylation is 2. The summed E-state index contributed by atoms with van der Waals surface area (Å²) in [7, 11) is 0. The molecule has 1 amide bonds. The van der Waals surface area contributed by atoms with Gasteiger partial charge < -0.3 is 5.32 Å². The summed E-state index contributed by atoms with van der Waals surface area (Å²) in [5.74, 6) is -0.0678. The number of benzene rings is 3. The first-order valence-corrected chi connectivity index (χ1v) is 11.7. The van der Waals surface area contributed by atoms with Crippen molar-refractivity contribution in [1.29, 1.82) is 0 Å². The van der Waals surface area contributed by atoms with E-state index in [0.29, 0.717) is 5.69 Å². The number of rotatable bonds is 8. The molecule has 0 spiro atoms. The van der Waals surface area contributed by atoms with Gasteiger partial charge in [0.15, 0.2) is 0 Å². The molecule has 4 aromatic rings. The minimum Gasteiger partial charge on any atom is -0.322 e. The van der Waals surface area contributed by atoms with Crippen LogP contribution in [0.2, 0.25) is 0 Å². The average Bonchev–Trinajstić information content (AvgIpc) is 3.25. The first-order chi connectivity index (χ1) is 15.2. The Morgan fingerprint density at radius 3 is 2.35 bits per heavy atom. The van der Waals surface area contributed by atoms with Gasteiger partial charge in [-0.1, -0.05) is 76.6 Å². The zero-order valence-electron chi connectivity index (χ0n) is 16.8. The standard InChI is InChI=1S/C25H22BrN3OS/c26-21-11-13-23(14-12-21)31-24(20-9-5-2-6-10-20)25(30)28-22-17-27-29(18-22)16-15-19-7-3-1-4-8-19/h1-14,17-18,24H,15-16H2,(H,28,30). The molecular formula is C25H22BrN3OS. The second kappa shape index (κ2) is 10.5. The zero-order chi connectivity index (χ0) is 21.5. The predicted octanol–water partition coefficient (Wildman–Crippen LogP) is 6.36. The summed E-state index contributed by atoms with van der Waals surface area (Å²) in [4.78, 5) is 14.2. The number of carbonyl (C=O) groups excluding carboxylic acids is 1. The first kappa shape index (κ1) is 21.4. The molecule has 0 fully saturated rings. The Morgan fingerprint density at radius 2 is 1.65 bits per heavy atom. The van der Waals surface area contributed by atoms with E-state index in [2.05, 4.69) is 38.5 Å². The molecule has 1 unspecified atom stereocenters. The summed E-state index contributed by atoms with van der Waals surface area (Å²) in [6.45, 7) is 0.760. The Labute approximate surface area is 194 Å². The van der Waals surface area contributed by atoms with Crippen LogP contribution < -0.4 is 5.32 Å². The average molecular weight is 492 g/mol. The molecule has 6 heteroatoms. The predicted molar refractivity (Wildman–Crippen MR) is 130 cm³/mol. The van der Waals surface area contributed by atoms with Crippen molar-refractivity contribution in [2.24, 2.45) is 0 Å². The van der Waals surface area contributed by atoms with Gasteiger partial charge in [-0.3, -0.25) is 9.48 Å². The van der Waals surface area contributed by atoms with Crippen LogP contribution in [0.5, 0.6) is 0 Å². The van der Waals surface area contributed by atoms with Crippen LogP contribution in [0.25, 0.3) is 0 Å². The third-order valence-corrected chi connectivity index (χ3v) is 6.58. The molecule has 3 aromatic carbocycles. The topological polar surface area (TPSA) is 46.9 Å². The van der Waals surface area contributed by atoms with Gasteiger partial charge in [0, 0.05) is 22.1 Å². The van der Waals surface area contributed by atoms with Crippen LogP contribution in [-0.4, -0.2) is 15.7 Å². The van der Waals surface area contributed by atoms with Gasteiger partial charge in [0.1, 0.15) is 5.25 Å². The van der Waals surface area contributed by atoms with Gasteiger partial charge in [0.25, 0.3) is 0 Å². The number of thioether (sulfide) groups is 1. The van der Waals surface area contributed by atoms with E-state index in [1.54, 1.807) is 6.20 Å². The summed E-state index contributed by atoms with van der Waals surface area (Å²) >= 11 is 4.99. The van der Waals surface area contributed by atoms with Gasteiger partial charge >= 0.3 is 0 Å². The van der Waals surface area contributed by atoms with Gasteiger partial charge in [-0.25, -0.2) is 0 Å². The van der Waals surface area contributed by atoms with E-state index in [0.717, 1.165) is 27.9 Å². The molecule has 0 radical (unpaired) electrons. The number of hydrogen-bond acceptors (Lipinski definition) is 3. The molecule has 4 nitrogen and oxygen atoms in total. The molecule has 31 heavy (non-hydrogen) atoms. The van der Waals surface area contributed by atoms with Crippen LogP contribution >= 0.6 is 27.7 Å². The third kappa shape index (κ3) is 6.09. The molecule has 0 saturated heterocycles. The Balaban J connectivity index is 1.44. The van der Waals surface area contributed by atoms with Gasteiger partial charge in [-0.05, 0) is 41.8 Å². The lowest BCUT2D eigenvalue weighted by atomic mass is 10.1. The van der Waals surface area contributed by atoms with Crippen molar-refractivity contribution in [3.63, 3.8) is 0 Å². The molecule has 1 N–H and O–H groups in total. The largest absolute Gasteiger partial charge is 0.322 e. The summed E-state index contributed by atoms with van der Waals surface area (Å²) in [5.41, 5.74) is 2.93. The van der Waals surface area contributed by atoms with E-state index in [9.17, 15) is 4.79 Å². The van der Waals surface area contributed by atoms with Gasteiger partial charge in [0.05, 0.1) is 11.9 Å². The summed E-state index contributed by atoms with van der Waals surface area (Å²) in [6.07, 6.45) is 4.48. The highest BCUT2D eigenvalue weighted by molar-refractivity contribution is 9.10. The number of aromatic nitrogens is 2. The van der Waals surface area contributed by atoms with Crippen molar-refractivity contribution in [1.82, 2.24) is 9.78 Å². The Kier molecular flexibility index (Phi) is 7.22. The molecule has 4 rings (SSSR count). The summed E-state index contributed by atoms with van der Waals surface area (Å²) < 4.78 is 2.88. The third-order valence-electron chi connectivity index (χ3n) is 4.78. The van der Waals surface area contributed by atoms with Gasteiger partial charge in [0.2, 0.25) is 5.91 Å². The fourth-order valence-corrected chi connectivity index (χ4v) is 4.49. The van der Waals surface area contributed by atoms with Crippen LogP contribution in [0.3, 0.4) is 0 Å². The fourth-order valence-electron chi connectivity index (χ4n) is 3.20. The van der Waals surface area contributed by atoms with E-state index in [1.165, 1.54) is 17.3 Å². The Bertz CT molecular complexity index is 1110. The van der Waals surface area contributed by atoms with Crippen LogP contribution in [0, 0.1) is 0 Å². The maximum atomic E-state index is 13.2. The monoisotopic (exact) mass is 491 g/mol. The highest BCUT2D eigenvalue weighted by Crippen LogP contribution is 2.36. The van der Waals surface area contributed by atoms with Crippen LogP contribution in [0.4, 0.5) is 5.69 Å². The lowest BCUT2D eigenvalue weighted by Crippen LogP contribution is -2.18. The lowest BCUT2D eigenvalue weighted by Gasteiger charge is -2.16. The number of anilines is 1. The highest BCUT2D eigenvalue weighted by atomic mass is 79.9. The number of amides is 1. The second-order valence-electron chi connectivity index (χ2n) is 7.08. The molecule has 0 aliphatic heterocycles. The zero-order valence-corrected chi connectivity index (χ0v) is 19.2. The van der Waals surface area contributed by atoms with Crippen LogP contribution in [0.1, 0.15) is 16.4 Å². The molecular weight excluding hydrogens is 470 g/mol. The molecule has 1 atom stereocenters. The van der Waals surface area contributed by atoms with Crippen molar-refractivity contribution >= 4 is 39.3 Å². The molecule has 0 aliphatic rings. The van der Waals surface area contributed by atoms with Crippen molar-refractivity contribution in [3.05, 3.63) is 113 Å². The molecule has 156 valence electrons. The number of nitrogens with zero attached hydrogens (tertiary/aromatic N) is 2. The number of nitrogens with one attached hydrogen (secondary N) is 1. The minimum absolute atomic E-state index is 0.0678. The molecule has 0 saturated carbocycles. The Hall–Kier alpha value is -2.83. The molecule has 1 aromatic heterocycles. The van der Waals surface area contributed by atoms with E-state index in [4.69, 9.17) is 0 Å². The minimum atomic E-state index is -0.366. The normalized spacial score (nSPS) is 11.8. The molecule has 1 heterocycles. The van der Waals surface area contributed by atoms with Gasteiger partial charge in [-0.2, -0.15) is 5.10 Å².